The number of aromatic hydroxyl groups is 2. The number of carbonyl (C=O) groups is 1. The molecule has 2 N–H and O–H groups in total. The minimum absolute atomic E-state index is 0.00720. The summed E-state index contributed by atoms with van der Waals surface area (Å²) in [5.74, 6) is 0.148. The van der Waals surface area contributed by atoms with Crippen molar-refractivity contribution < 1.29 is 28.9 Å². The van der Waals surface area contributed by atoms with Gasteiger partial charge in [0.05, 0.1) is 42.9 Å². The third-order valence-corrected chi connectivity index (χ3v) is 5.53. The first kappa shape index (κ1) is 23.0. The van der Waals surface area contributed by atoms with Crippen molar-refractivity contribution in [3.8, 4) is 51.4 Å². The van der Waals surface area contributed by atoms with E-state index in [1.54, 1.807) is 69.4 Å². The molecule has 0 bridgehead atoms. The second-order valence-corrected chi connectivity index (χ2v) is 8.76. The van der Waals surface area contributed by atoms with E-state index < -0.39 is 17.0 Å². The van der Waals surface area contributed by atoms with Crippen molar-refractivity contribution in [2.24, 2.45) is 5.41 Å². The van der Waals surface area contributed by atoms with Gasteiger partial charge in [0.15, 0.2) is 23.7 Å². The van der Waals surface area contributed by atoms with Crippen molar-refractivity contribution in [3.63, 3.8) is 0 Å². The van der Waals surface area contributed by atoms with Crippen LogP contribution in [0.25, 0.3) is 28.3 Å². The summed E-state index contributed by atoms with van der Waals surface area (Å²) in [7, 11) is 3.04. The topological polar surface area (TPSA) is 107 Å². The van der Waals surface area contributed by atoms with Gasteiger partial charge >= 0.3 is 0 Å². The van der Waals surface area contributed by atoms with Crippen molar-refractivity contribution in [3.05, 3.63) is 60.6 Å². The first-order valence-electron chi connectivity index (χ1n) is 10.6. The number of oxazole rings is 1. The maximum absolute atomic E-state index is 13.4. The second-order valence-electron chi connectivity index (χ2n) is 8.76. The van der Waals surface area contributed by atoms with Crippen LogP contribution in [0.5, 0.6) is 23.1 Å². The fourth-order valence-corrected chi connectivity index (χ4v) is 3.86. The summed E-state index contributed by atoms with van der Waals surface area (Å²) in [4.78, 5) is 17.4. The van der Waals surface area contributed by atoms with Crippen molar-refractivity contribution >= 4 is 5.78 Å². The Hall–Kier alpha value is -4.20. The van der Waals surface area contributed by atoms with Crippen molar-refractivity contribution in [2.75, 3.05) is 14.2 Å². The van der Waals surface area contributed by atoms with E-state index in [1.165, 1.54) is 25.2 Å². The Kier molecular flexibility index (Phi) is 5.83. The maximum Gasteiger partial charge on any atom is 0.240 e. The molecule has 0 unspecified atom stereocenters. The summed E-state index contributed by atoms with van der Waals surface area (Å²) in [5.41, 5.74) is 1.15. The van der Waals surface area contributed by atoms with Crippen LogP contribution in [-0.2, 0) is 0 Å². The van der Waals surface area contributed by atoms with Crippen LogP contribution in [0.1, 0.15) is 31.1 Å². The number of aromatic nitrogens is 2. The predicted octanol–water partition coefficient (Wildman–Crippen LogP) is 5.46. The molecule has 4 aromatic rings. The van der Waals surface area contributed by atoms with Crippen LogP contribution in [0.2, 0.25) is 0 Å². The summed E-state index contributed by atoms with van der Waals surface area (Å²) in [5, 5.41) is 22.0. The molecule has 0 fully saturated rings. The summed E-state index contributed by atoms with van der Waals surface area (Å²) >= 11 is 0. The lowest BCUT2D eigenvalue weighted by molar-refractivity contribution is 0.0856. The molecule has 0 aliphatic rings. The van der Waals surface area contributed by atoms with Gasteiger partial charge in [0.1, 0.15) is 11.5 Å². The van der Waals surface area contributed by atoms with Gasteiger partial charge in [-0.05, 0) is 24.3 Å². The predicted molar refractivity (Wildman–Crippen MR) is 127 cm³/mol. The van der Waals surface area contributed by atoms with Crippen LogP contribution in [-0.4, -0.2) is 39.8 Å². The van der Waals surface area contributed by atoms with Crippen LogP contribution < -0.4 is 9.47 Å². The highest BCUT2D eigenvalue weighted by atomic mass is 16.5. The lowest BCUT2D eigenvalue weighted by atomic mass is 9.85. The molecular weight excluding hydrogens is 436 g/mol. The van der Waals surface area contributed by atoms with E-state index in [4.69, 9.17) is 13.9 Å². The number of carbonyl (C=O) groups excluding carboxylic acids is 1. The molecule has 0 aliphatic carbocycles. The van der Waals surface area contributed by atoms with Gasteiger partial charge in [-0.25, -0.2) is 4.98 Å². The lowest BCUT2D eigenvalue weighted by Gasteiger charge is -2.19. The number of methoxy groups -OCH3 is 2. The number of hydrogen-bond donors (Lipinski definition) is 2. The van der Waals surface area contributed by atoms with E-state index in [0.29, 0.717) is 39.8 Å². The zero-order valence-electron chi connectivity index (χ0n) is 19.6. The lowest BCUT2D eigenvalue weighted by Crippen LogP contribution is -2.21. The SMILES string of the molecule is COc1cc(-n2c(O)c(O)c(C(=O)C(C)(C)C)c2-c2ccccc2OC)ccc1-c1cnco1. The molecule has 34 heavy (non-hydrogen) atoms. The molecule has 2 aromatic heterocycles. The number of nitrogens with zero attached hydrogens (tertiary/aromatic N) is 2. The number of ketones is 1. The first-order valence-corrected chi connectivity index (χ1v) is 10.6. The van der Waals surface area contributed by atoms with Gasteiger partial charge < -0.3 is 24.1 Å². The summed E-state index contributed by atoms with van der Waals surface area (Å²) in [6.07, 6.45) is 2.89. The van der Waals surface area contributed by atoms with Crippen LogP contribution in [0.15, 0.2) is 59.5 Å². The number of rotatable bonds is 6. The molecule has 0 aliphatic heterocycles. The van der Waals surface area contributed by atoms with Crippen molar-refractivity contribution in [1.29, 1.82) is 0 Å². The maximum atomic E-state index is 13.4. The zero-order valence-corrected chi connectivity index (χ0v) is 19.6. The van der Waals surface area contributed by atoms with E-state index in [2.05, 4.69) is 4.98 Å². The zero-order chi connectivity index (χ0) is 24.6. The number of hydrogen-bond acceptors (Lipinski definition) is 7. The number of benzene rings is 2. The van der Waals surface area contributed by atoms with Crippen LogP contribution in [0.4, 0.5) is 0 Å². The molecule has 176 valence electrons. The number of ether oxygens (including phenoxy) is 2. The molecule has 2 aromatic carbocycles. The van der Waals surface area contributed by atoms with E-state index >= 15 is 0 Å². The van der Waals surface area contributed by atoms with E-state index in [-0.39, 0.29) is 11.3 Å². The first-order chi connectivity index (χ1) is 16.2. The van der Waals surface area contributed by atoms with E-state index in [1.807, 2.05) is 0 Å². The van der Waals surface area contributed by atoms with E-state index in [9.17, 15) is 15.0 Å². The molecule has 8 heteroatoms. The number of para-hydroxylation sites is 1. The Labute approximate surface area is 197 Å². The summed E-state index contributed by atoms with van der Waals surface area (Å²) in [6.45, 7) is 5.26. The summed E-state index contributed by atoms with van der Waals surface area (Å²) in [6, 6.07) is 12.3. The third kappa shape index (κ3) is 3.77. The fourth-order valence-electron chi connectivity index (χ4n) is 3.86. The highest BCUT2D eigenvalue weighted by Gasteiger charge is 2.35. The molecule has 0 amide bonds. The highest BCUT2D eigenvalue weighted by Crippen LogP contribution is 2.48. The Morgan fingerprint density at radius 2 is 1.71 bits per heavy atom. The average Bonchev–Trinajstić information content (AvgIpc) is 3.44. The van der Waals surface area contributed by atoms with Gasteiger partial charge in [-0.15, -0.1) is 0 Å². The minimum atomic E-state index is -0.819. The van der Waals surface area contributed by atoms with Crippen LogP contribution >= 0.6 is 0 Å². The van der Waals surface area contributed by atoms with Gasteiger partial charge in [-0.1, -0.05) is 32.9 Å². The largest absolute Gasteiger partial charge is 0.503 e. The van der Waals surface area contributed by atoms with Gasteiger partial charge in [0, 0.05) is 17.0 Å². The van der Waals surface area contributed by atoms with Gasteiger partial charge in [0.25, 0.3) is 0 Å². The molecule has 0 saturated carbocycles. The van der Waals surface area contributed by atoms with Gasteiger partial charge in [-0.2, -0.15) is 0 Å². The third-order valence-electron chi connectivity index (χ3n) is 5.53. The Morgan fingerprint density at radius 3 is 2.32 bits per heavy atom. The molecule has 2 heterocycles. The van der Waals surface area contributed by atoms with Gasteiger partial charge in [-0.3, -0.25) is 9.36 Å². The molecule has 0 spiro atoms. The Balaban J connectivity index is 2.05. The molecule has 0 radical (unpaired) electrons. The summed E-state index contributed by atoms with van der Waals surface area (Å²) < 4.78 is 17.9. The average molecular weight is 463 g/mol. The second kappa shape index (κ2) is 8.62. The monoisotopic (exact) mass is 462 g/mol. The molecular formula is C26H26N2O6. The van der Waals surface area contributed by atoms with Crippen LogP contribution in [0, 0.1) is 5.41 Å². The molecule has 0 saturated heterocycles. The standard InChI is InChI=1S/C26H26N2O6/c1-26(2,3)24(30)21-22(17-8-6-7-9-18(17)32-4)28(25(31)23(21)29)15-10-11-16(19(12-15)33-5)20-13-27-14-34-20/h6-14,29,31H,1-5H3. The van der Waals surface area contributed by atoms with E-state index in [0.717, 1.165) is 0 Å². The van der Waals surface area contributed by atoms with Crippen LogP contribution in [0.3, 0.4) is 0 Å². The normalized spacial score (nSPS) is 11.4. The molecule has 4 rings (SSSR count). The fraction of sp³-hybridized carbons (Fsp3) is 0.231. The van der Waals surface area contributed by atoms with Gasteiger partial charge in [0.2, 0.25) is 5.88 Å². The highest BCUT2D eigenvalue weighted by molar-refractivity contribution is 6.09. The quantitative estimate of drug-likeness (QED) is 0.367. The molecule has 0 atom stereocenters. The Bertz CT molecular complexity index is 1350. The van der Waals surface area contributed by atoms with Crippen molar-refractivity contribution in [1.82, 2.24) is 9.55 Å². The number of Topliss-reactive ketones (excluding diaryl/α,β-unsaturated/α-hetero) is 1. The van der Waals surface area contributed by atoms with Crippen molar-refractivity contribution in [2.45, 2.75) is 20.8 Å². The minimum Gasteiger partial charge on any atom is -0.503 e. The smallest absolute Gasteiger partial charge is 0.240 e. The Morgan fingerprint density at radius 1 is 1.00 bits per heavy atom. The molecule has 8 nitrogen and oxygen atoms in total.